The van der Waals surface area contributed by atoms with Crippen LogP contribution in [-0.2, 0) is 0 Å². The van der Waals surface area contributed by atoms with E-state index in [4.69, 9.17) is 4.74 Å². The van der Waals surface area contributed by atoms with Crippen LogP contribution in [0.15, 0.2) is 5.38 Å². The van der Waals surface area contributed by atoms with Crippen molar-refractivity contribution in [3.63, 3.8) is 0 Å². The second kappa shape index (κ2) is 6.93. The third-order valence-electron chi connectivity index (χ3n) is 2.74. The molecule has 17 heavy (non-hydrogen) atoms. The smallest absolute Gasteiger partial charge is 0.229 e. The van der Waals surface area contributed by atoms with Crippen LogP contribution in [0.3, 0.4) is 0 Å². The molecule has 3 unspecified atom stereocenters. The monoisotopic (exact) mass is 258 g/mol. The number of nitrogens with one attached hydrogen (secondary N) is 1. The predicted octanol–water partition coefficient (Wildman–Crippen LogP) is 2.21. The number of aromatic nitrogens is 1. The van der Waals surface area contributed by atoms with Crippen LogP contribution in [0.5, 0.6) is 5.88 Å². The van der Waals surface area contributed by atoms with Crippen molar-refractivity contribution in [3.05, 3.63) is 10.9 Å². The SMILES string of the molecule is COc1nscc1C(C)NCC(C)CC(C)O. The Hall–Kier alpha value is -0.650. The molecular weight excluding hydrogens is 236 g/mol. The summed E-state index contributed by atoms with van der Waals surface area (Å²) >= 11 is 1.41. The molecule has 98 valence electrons. The van der Waals surface area contributed by atoms with E-state index in [1.807, 2.05) is 12.3 Å². The van der Waals surface area contributed by atoms with E-state index in [0.717, 1.165) is 18.5 Å². The Kier molecular flexibility index (Phi) is 5.88. The summed E-state index contributed by atoms with van der Waals surface area (Å²) in [7, 11) is 1.64. The number of aliphatic hydroxyl groups is 1. The Morgan fingerprint density at radius 2 is 2.18 bits per heavy atom. The Morgan fingerprint density at radius 3 is 2.76 bits per heavy atom. The fourth-order valence-corrected chi connectivity index (χ4v) is 2.58. The molecule has 0 bridgehead atoms. The zero-order valence-electron chi connectivity index (χ0n) is 10.9. The summed E-state index contributed by atoms with van der Waals surface area (Å²) < 4.78 is 9.37. The number of hydrogen-bond donors (Lipinski definition) is 2. The number of ether oxygens (including phenoxy) is 1. The molecule has 0 saturated carbocycles. The van der Waals surface area contributed by atoms with Crippen LogP contribution < -0.4 is 10.1 Å². The highest BCUT2D eigenvalue weighted by Crippen LogP contribution is 2.25. The minimum Gasteiger partial charge on any atom is -0.480 e. The van der Waals surface area contributed by atoms with Crippen molar-refractivity contribution in [1.82, 2.24) is 9.69 Å². The lowest BCUT2D eigenvalue weighted by Crippen LogP contribution is -2.26. The van der Waals surface area contributed by atoms with Gasteiger partial charge in [-0.25, -0.2) is 0 Å². The Labute approximate surface area is 107 Å². The lowest BCUT2D eigenvalue weighted by molar-refractivity contribution is 0.162. The van der Waals surface area contributed by atoms with Gasteiger partial charge in [-0.15, -0.1) is 0 Å². The number of hydrogen-bond acceptors (Lipinski definition) is 5. The second-order valence-corrected chi connectivity index (χ2v) is 5.23. The van der Waals surface area contributed by atoms with E-state index in [0.29, 0.717) is 11.8 Å². The predicted molar refractivity (Wildman–Crippen MR) is 70.5 cm³/mol. The van der Waals surface area contributed by atoms with Gasteiger partial charge in [-0.05, 0) is 44.3 Å². The number of aliphatic hydroxyl groups excluding tert-OH is 1. The van der Waals surface area contributed by atoms with Crippen molar-refractivity contribution >= 4 is 11.5 Å². The molecule has 1 aromatic heterocycles. The van der Waals surface area contributed by atoms with Gasteiger partial charge in [-0.3, -0.25) is 0 Å². The van der Waals surface area contributed by atoms with Crippen LogP contribution in [0.1, 0.15) is 38.8 Å². The normalized spacial score (nSPS) is 16.5. The first-order valence-corrected chi connectivity index (χ1v) is 6.78. The molecule has 5 heteroatoms. The van der Waals surface area contributed by atoms with Gasteiger partial charge in [0.25, 0.3) is 0 Å². The first-order valence-electron chi connectivity index (χ1n) is 5.94. The molecule has 0 radical (unpaired) electrons. The van der Waals surface area contributed by atoms with Gasteiger partial charge in [0.1, 0.15) is 0 Å². The quantitative estimate of drug-likeness (QED) is 0.787. The molecule has 4 nitrogen and oxygen atoms in total. The Morgan fingerprint density at radius 1 is 1.47 bits per heavy atom. The molecule has 1 rings (SSSR count). The molecule has 1 aromatic rings. The first kappa shape index (κ1) is 14.4. The minimum absolute atomic E-state index is 0.222. The molecule has 0 saturated heterocycles. The van der Waals surface area contributed by atoms with Crippen LogP contribution in [0.2, 0.25) is 0 Å². The topological polar surface area (TPSA) is 54.4 Å². The van der Waals surface area contributed by atoms with Crippen molar-refractivity contribution in [2.45, 2.75) is 39.3 Å². The van der Waals surface area contributed by atoms with Gasteiger partial charge < -0.3 is 15.2 Å². The van der Waals surface area contributed by atoms with Crippen LogP contribution in [0.4, 0.5) is 0 Å². The van der Waals surface area contributed by atoms with Crippen LogP contribution in [0, 0.1) is 5.92 Å². The lowest BCUT2D eigenvalue weighted by Gasteiger charge is -2.18. The van der Waals surface area contributed by atoms with E-state index in [1.165, 1.54) is 11.5 Å². The molecule has 0 fully saturated rings. The van der Waals surface area contributed by atoms with Gasteiger partial charge in [-0.2, -0.15) is 4.37 Å². The molecule has 3 atom stereocenters. The van der Waals surface area contributed by atoms with E-state index in [2.05, 4.69) is 23.5 Å². The maximum atomic E-state index is 9.30. The summed E-state index contributed by atoms with van der Waals surface area (Å²) in [5, 5.41) is 14.7. The van der Waals surface area contributed by atoms with Crippen LogP contribution in [0.25, 0.3) is 0 Å². The van der Waals surface area contributed by atoms with Crippen molar-refractivity contribution in [2.24, 2.45) is 5.92 Å². The molecule has 1 heterocycles. The summed E-state index contributed by atoms with van der Waals surface area (Å²) in [5.74, 6) is 1.16. The van der Waals surface area contributed by atoms with Gasteiger partial charge in [-0.1, -0.05) is 6.92 Å². The third kappa shape index (κ3) is 4.61. The number of rotatable bonds is 7. The summed E-state index contributed by atoms with van der Waals surface area (Å²) in [6, 6.07) is 0.222. The van der Waals surface area contributed by atoms with Crippen molar-refractivity contribution < 1.29 is 9.84 Å². The van der Waals surface area contributed by atoms with Crippen LogP contribution in [-0.4, -0.2) is 29.2 Å². The number of methoxy groups -OCH3 is 1. The highest BCUT2D eigenvalue weighted by Gasteiger charge is 2.15. The molecule has 0 amide bonds. The third-order valence-corrected chi connectivity index (χ3v) is 3.37. The highest BCUT2D eigenvalue weighted by molar-refractivity contribution is 7.03. The van der Waals surface area contributed by atoms with E-state index >= 15 is 0 Å². The molecule has 0 aliphatic rings. The van der Waals surface area contributed by atoms with Gasteiger partial charge >= 0.3 is 0 Å². The molecular formula is C12H22N2O2S. The summed E-state index contributed by atoms with van der Waals surface area (Å²) in [6.45, 7) is 6.94. The van der Waals surface area contributed by atoms with Crippen molar-refractivity contribution in [3.8, 4) is 5.88 Å². The first-order chi connectivity index (χ1) is 8.04. The van der Waals surface area contributed by atoms with E-state index < -0.39 is 0 Å². The maximum Gasteiger partial charge on any atom is 0.229 e. The zero-order valence-corrected chi connectivity index (χ0v) is 11.8. The summed E-state index contributed by atoms with van der Waals surface area (Å²) in [4.78, 5) is 0. The van der Waals surface area contributed by atoms with Crippen molar-refractivity contribution in [1.29, 1.82) is 0 Å². The lowest BCUT2D eigenvalue weighted by atomic mass is 10.0. The molecule has 0 aromatic carbocycles. The average molecular weight is 258 g/mol. The Bertz CT molecular complexity index is 328. The zero-order chi connectivity index (χ0) is 12.8. The van der Waals surface area contributed by atoms with Gasteiger partial charge in [0.2, 0.25) is 5.88 Å². The van der Waals surface area contributed by atoms with Gasteiger partial charge in [0.15, 0.2) is 0 Å². The molecule has 2 N–H and O–H groups in total. The average Bonchev–Trinajstić information content (AvgIpc) is 2.72. The van der Waals surface area contributed by atoms with E-state index in [-0.39, 0.29) is 12.1 Å². The largest absolute Gasteiger partial charge is 0.480 e. The second-order valence-electron chi connectivity index (χ2n) is 4.60. The minimum atomic E-state index is -0.237. The molecule has 0 aliphatic carbocycles. The van der Waals surface area contributed by atoms with Gasteiger partial charge in [0.05, 0.1) is 13.2 Å². The maximum absolute atomic E-state index is 9.30. The standard InChI is InChI=1S/C12H22N2O2S/c1-8(5-9(2)15)6-13-10(3)11-7-17-14-12(11)16-4/h7-10,13,15H,5-6H2,1-4H3. The van der Waals surface area contributed by atoms with E-state index in [9.17, 15) is 5.11 Å². The molecule has 0 aliphatic heterocycles. The fourth-order valence-electron chi connectivity index (χ4n) is 1.83. The summed E-state index contributed by atoms with van der Waals surface area (Å²) in [5.41, 5.74) is 1.10. The Balaban J connectivity index is 2.42. The van der Waals surface area contributed by atoms with Crippen LogP contribution >= 0.6 is 11.5 Å². The molecule has 0 spiro atoms. The van der Waals surface area contributed by atoms with Crippen molar-refractivity contribution in [2.75, 3.05) is 13.7 Å². The van der Waals surface area contributed by atoms with Gasteiger partial charge in [0, 0.05) is 17.0 Å². The fraction of sp³-hybridized carbons (Fsp3) is 0.750. The summed E-state index contributed by atoms with van der Waals surface area (Å²) in [6.07, 6.45) is 0.582. The van der Waals surface area contributed by atoms with E-state index in [1.54, 1.807) is 7.11 Å². The number of nitrogens with zero attached hydrogens (tertiary/aromatic N) is 1. The highest BCUT2D eigenvalue weighted by atomic mass is 32.1.